The lowest BCUT2D eigenvalue weighted by Crippen LogP contribution is -2.39. The summed E-state index contributed by atoms with van der Waals surface area (Å²) in [4.78, 5) is 35.1. The second-order valence-electron chi connectivity index (χ2n) is 12.6. The Morgan fingerprint density at radius 2 is 1.98 bits per heavy atom. The average molecular weight is 589 g/mol. The van der Waals surface area contributed by atoms with Crippen LogP contribution in [0.25, 0.3) is 22.3 Å². The van der Waals surface area contributed by atoms with E-state index in [4.69, 9.17) is 4.74 Å². The topological polar surface area (TPSA) is 99.3 Å². The Bertz CT molecular complexity index is 1960. The van der Waals surface area contributed by atoms with Crippen LogP contribution in [0.5, 0.6) is 0 Å². The molecule has 3 unspecified atom stereocenters. The van der Waals surface area contributed by atoms with E-state index in [-0.39, 0.29) is 18.1 Å². The number of halogens is 1. The standard InChI is InChI=1S/C35H33FN6O2/c1-6-22-15-27(22)37-18-31-39-26-12-10-21(14-28(26)40-31)8-7-20-9-11-23(25(36)13-20)29-17-38-33(41-29)32-19(2)24-16-30(24)42(32)34(43)44-35(3,4)5/h6,9-14,17,24,30,32H,2,15-16,18H2,1,3-5H3,(H,38,41)(H,39,40). The lowest BCUT2D eigenvalue weighted by atomic mass is 10.1. The summed E-state index contributed by atoms with van der Waals surface area (Å²) in [6.07, 6.45) is 5.14. The zero-order valence-corrected chi connectivity index (χ0v) is 25.2. The van der Waals surface area contributed by atoms with Gasteiger partial charge in [-0.05, 0) is 81.7 Å². The number of aromatic nitrogens is 4. The minimum Gasteiger partial charge on any atom is -0.444 e. The molecule has 1 saturated heterocycles. The molecule has 3 aliphatic rings. The van der Waals surface area contributed by atoms with Crippen molar-refractivity contribution in [3.05, 3.63) is 95.0 Å². The van der Waals surface area contributed by atoms with Gasteiger partial charge in [0.05, 0.1) is 29.5 Å². The lowest BCUT2D eigenvalue weighted by molar-refractivity contribution is 0.0194. The molecule has 0 radical (unpaired) electrons. The van der Waals surface area contributed by atoms with Crippen molar-refractivity contribution in [1.29, 1.82) is 0 Å². The highest BCUT2D eigenvalue weighted by Crippen LogP contribution is 2.56. The maximum Gasteiger partial charge on any atom is 0.411 e. The number of H-pyrrole nitrogens is 2. The number of nitrogens with one attached hydrogen (secondary N) is 2. The van der Waals surface area contributed by atoms with Gasteiger partial charge in [0, 0.05) is 40.8 Å². The number of amides is 1. The van der Waals surface area contributed by atoms with Gasteiger partial charge in [-0.3, -0.25) is 9.89 Å². The smallest absolute Gasteiger partial charge is 0.411 e. The number of aliphatic imine (C=N–C) groups is 1. The summed E-state index contributed by atoms with van der Waals surface area (Å²) in [5.74, 6) is 7.37. The fraction of sp³-hybridized carbons (Fsp3) is 0.314. The number of benzene rings is 2. The van der Waals surface area contributed by atoms with Gasteiger partial charge in [-0.25, -0.2) is 19.2 Å². The van der Waals surface area contributed by atoms with Crippen LogP contribution in [0.4, 0.5) is 9.18 Å². The quantitative estimate of drug-likeness (QED) is 0.198. The molecule has 0 spiro atoms. The maximum atomic E-state index is 15.3. The molecule has 3 atom stereocenters. The van der Waals surface area contributed by atoms with Gasteiger partial charge < -0.3 is 14.7 Å². The summed E-state index contributed by atoms with van der Waals surface area (Å²) in [6, 6.07) is 10.3. The van der Waals surface area contributed by atoms with Crippen LogP contribution in [-0.2, 0) is 11.3 Å². The van der Waals surface area contributed by atoms with Crippen LogP contribution in [0.2, 0.25) is 0 Å². The number of ether oxygens (including phenoxy) is 1. The van der Waals surface area contributed by atoms with Gasteiger partial charge in [0.25, 0.3) is 0 Å². The highest BCUT2D eigenvalue weighted by molar-refractivity contribution is 6.17. The van der Waals surface area contributed by atoms with E-state index in [2.05, 4.69) is 49.4 Å². The van der Waals surface area contributed by atoms with Crippen molar-refractivity contribution in [3.63, 3.8) is 0 Å². The van der Waals surface area contributed by atoms with Gasteiger partial charge in [0.1, 0.15) is 29.1 Å². The van der Waals surface area contributed by atoms with Gasteiger partial charge in [-0.1, -0.05) is 24.5 Å². The third-order valence-electron chi connectivity index (χ3n) is 8.19. The third-order valence-corrected chi connectivity index (χ3v) is 8.19. The van der Waals surface area contributed by atoms with E-state index < -0.39 is 17.5 Å². The fourth-order valence-corrected chi connectivity index (χ4v) is 5.84. The van der Waals surface area contributed by atoms with Gasteiger partial charge in [-0.2, -0.15) is 0 Å². The molecule has 44 heavy (non-hydrogen) atoms. The predicted molar refractivity (Wildman–Crippen MR) is 167 cm³/mol. The second-order valence-corrected chi connectivity index (χ2v) is 12.6. The zero-order chi connectivity index (χ0) is 30.7. The number of hydrogen-bond acceptors (Lipinski definition) is 5. The van der Waals surface area contributed by atoms with Crippen molar-refractivity contribution in [2.24, 2.45) is 10.9 Å². The fourth-order valence-electron chi connectivity index (χ4n) is 5.84. The number of carbonyl (C=O) groups excluding carboxylic acids is 1. The molecule has 4 aromatic rings. The van der Waals surface area contributed by atoms with Gasteiger partial charge in [-0.15, -0.1) is 0 Å². The summed E-state index contributed by atoms with van der Waals surface area (Å²) >= 11 is 0. The molecule has 2 aliphatic carbocycles. The molecule has 2 aromatic carbocycles. The van der Waals surface area contributed by atoms with Gasteiger partial charge in [0.2, 0.25) is 0 Å². The molecule has 7 rings (SSSR count). The van der Waals surface area contributed by atoms with Crippen LogP contribution >= 0.6 is 0 Å². The third kappa shape index (κ3) is 5.32. The molecule has 9 heteroatoms. The number of imidazole rings is 2. The first-order chi connectivity index (χ1) is 21.1. The van der Waals surface area contributed by atoms with Gasteiger partial charge >= 0.3 is 6.09 Å². The molecule has 222 valence electrons. The molecule has 3 fully saturated rings. The lowest BCUT2D eigenvalue weighted by Gasteiger charge is -2.30. The summed E-state index contributed by atoms with van der Waals surface area (Å²) in [5, 5.41) is 0. The number of aromatic amines is 2. The van der Waals surface area contributed by atoms with Crippen molar-refractivity contribution >= 4 is 22.8 Å². The highest BCUT2D eigenvalue weighted by atomic mass is 19.1. The first-order valence-electron chi connectivity index (χ1n) is 14.8. The van der Waals surface area contributed by atoms with E-state index in [9.17, 15) is 4.79 Å². The largest absolute Gasteiger partial charge is 0.444 e. The predicted octanol–water partition coefficient (Wildman–Crippen LogP) is 7.02. The molecular weight excluding hydrogens is 555 g/mol. The zero-order valence-electron chi connectivity index (χ0n) is 25.2. The molecule has 2 N–H and O–H groups in total. The number of carbonyl (C=O) groups is 1. The van der Waals surface area contributed by atoms with Crippen LogP contribution in [-0.4, -0.2) is 48.3 Å². The number of nitrogens with zero attached hydrogens (tertiary/aromatic N) is 4. The minimum absolute atomic E-state index is 0.0650. The normalized spacial score (nSPS) is 22.3. The Morgan fingerprint density at radius 1 is 1.20 bits per heavy atom. The number of fused-ring (bicyclic) bond motifs is 2. The number of piperidine rings is 1. The van der Waals surface area contributed by atoms with Crippen LogP contribution in [0.15, 0.2) is 71.4 Å². The Kier molecular flexibility index (Phi) is 6.54. The Labute approximate surface area is 255 Å². The highest BCUT2D eigenvalue weighted by Gasteiger charge is 2.58. The van der Waals surface area contributed by atoms with E-state index >= 15 is 4.39 Å². The maximum absolute atomic E-state index is 15.3. The second kappa shape index (κ2) is 10.3. The molecular formula is C35H33FN6O2. The van der Waals surface area contributed by atoms with Crippen molar-refractivity contribution < 1.29 is 13.9 Å². The average Bonchev–Trinajstić information content (AvgIpc) is 3.79. The molecule has 3 heterocycles. The van der Waals surface area contributed by atoms with Gasteiger partial charge in [0.15, 0.2) is 0 Å². The SMILES string of the molecule is C=C1C2CC2N(C(=O)OC(C)(C)C)C1c1ncc(-c2ccc(C#Cc3ccc4nc(CN=C5CC5=CC)[nH]c4c3)cc2F)[nH]1. The first-order valence-corrected chi connectivity index (χ1v) is 14.8. The molecule has 8 nitrogen and oxygen atoms in total. The van der Waals surface area contributed by atoms with Crippen LogP contribution < -0.4 is 0 Å². The number of allylic oxidation sites excluding steroid dienone is 2. The Balaban J connectivity index is 1.07. The molecule has 1 aliphatic heterocycles. The van der Waals surface area contributed by atoms with Crippen molar-refractivity contribution in [2.75, 3.05) is 0 Å². The van der Waals surface area contributed by atoms with E-state index in [1.54, 1.807) is 23.2 Å². The van der Waals surface area contributed by atoms with Crippen LogP contribution in [0.3, 0.4) is 0 Å². The van der Waals surface area contributed by atoms with Crippen LogP contribution in [0.1, 0.15) is 69.4 Å². The number of rotatable bonds is 4. The first kappa shape index (κ1) is 27.8. The Hall–Kier alpha value is -4.97. The Morgan fingerprint density at radius 3 is 2.70 bits per heavy atom. The molecule has 2 aromatic heterocycles. The number of likely N-dealkylation sites (tertiary alicyclic amines) is 1. The van der Waals surface area contributed by atoms with Crippen molar-refractivity contribution in [3.8, 4) is 23.1 Å². The van der Waals surface area contributed by atoms with E-state index in [1.165, 1.54) is 11.6 Å². The summed E-state index contributed by atoms with van der Waals surface area (Å²) in [7, 11) is 0. The number of hydrogen-bond donors (Lipinski definition) is 2. The van der Waals surface area contributed by atoms with E-state index in [1.807, 2.05) is 45.9 Å². The van der Waals surface area contributed by atoms with E-state index in [0.29, 0.717) is 29.2 Å². The minimum atomic E-state index is -0.616. The molecule has 0 bridgehead atoms. The van der Waals surface area contributed by atoms with Crippen molar-refractivity contribution in [2.45, 2.75) is 64.8 Å². The van der Waals surface area contributed by atoms with Crippen LogP contribution in [0, 0.1) is 23.6 Å². The monoisotopic (exact) mass is 588 g/mol. The van der Waals surface area contributed by atoms with E-state index in [0.717, 1.165) is 46.5 Å². The molecule has 1 amide bonds. The van der Waals surface area contributed by atoms with Crippen molar-refractivity contribution in [1.82, 2.24) is 24.8 Å². The molecule has 2 saturated carbocycles. The summed E-state index contributed by atoms with van der Waals surface area (Å²) < 4.78 is 21.0. The summed E-state index contributed by atoms with van der Waals surface area (Å²) in [5.41, 5.74) is 6.73. The summed E-state index contributed by atoms with van der Waals surface area (Å²) in [6.45, 7) is 12.3.